The molecule has 0 aliphatic heterocycles. The van der Waals surface area contributed by atoms with Crippen molar-refractivity contribution in [3.8, 4) is 0 Å². The predicted molar refractivity (Wildman–Crippen MR) is 59.9 cm³/mol. The molecule has 16 heavy (non-hydrogen) atoms. The largest absolute Gasteiger partial charge is 0.480 e. The van der Waals surface area contributed by atoms with Crippen LogP contribution in [0.3, 0.4) is 0 Å². The first kappa shape index (κ1) is 12.6. The van der Waals surface area contributed by atoms with Gasteiger partial charge >= 0.3 is 5.97 Å². The van der Waals surface area contributed by atoms with Gasteiger partial charge in [0.15, 0.2) is 0 Å². The lowest BCUT2D eigenvalue weighted by Gasteiger charge is -2.24. The summed E-state index contributed by atoms with van der Waals surface area (Å²) in [5, 5.41) is 12.1. The van der Waals surface area contributed by atoms with Crippen molar-refractivity contribution < 1.29 is 9.90 Å². The van der Waals surface area contributed by atoms with Crippen LogP contribution in [-0.2, 0) is 11.3 Å². The van der Waals surface area contributed by atoms with Crippen LogP contribution in [-0.4, -0.2) is 26.6 Å². The van der Waals surface area contributed by atoms with E-state index in [1.165, 1.54) is 0 Å². The van der Waals surface area contributed by atoms with Crippen LogP contribution in [0.4, 0.5) is 0 Å². The third-order valence-corrected chi connectivity index (χ3v) is 2.67. The van der Waals surface area contributed by atoms with Gasteiger partial charge in [-0.15, -0.1) is 0 Å². The Balaban J connectivity index is 2.66. The fraction of sp³-hybridized carbons (Fsp3) is 0.545. The van der Waals surface area contributed by atoms with E-state index in [0.717, 1.165) is 5.69 Å². The molecule has 5 heteroatoms. The summed E-state index contributed by atoms with van der Waals surface area (Å²) in [6, 6.07) is 1.78. The summed E-state index contributed by atoms with van der Waals surface area (Å²) in [5.41, 5.74) is -0.104. The highest BCUT2D eigenvalue weighted by Gasteiger charge is 2.30. The Kier molecular flexibility index (Phi) is 3.95. The van der Waals surface area contributed by atoms with Gasteiger partial charge in [-0.1, -0.05) is 6.92 Å². The molecule has 1 heterocycles. The summed E-state index contributed by atoms with van der Waals surface area (Å²) in [4.78, 5) is 19.2. The van der Waals surface area contributed by atoms with Gasteiger partial charge in [0.05, 0.1) is 5.69 Å². The third kappa shape index (κ3) is 3.00. The number of carboxylic acid groups (broad SMARTS) is 1. The second-order valence-corrected chi connectivity index (χ2v) is 3.94. The van der Waals surface area contributed by atoms with Crippen LogP contribution in [0, 0.1) is 6.92 Å². The number of aromatic nitrogens is 2. The van der Waals surface area contributed by atoms with Crippen molar-refractivity contribution in [2.75, 3.05) is 0 Å². The van der Waals surface area contributed by atoms with Gasteiger partial charge in [-0.05, 0) is 26.3 Å². The highest BCUT2D eigenvalue weighted by Crippen LogP contribution is 2.10. The summed E-state index contributed by atoms with van der Waals surface area (Å²) in [7, 11) is 0. The first-order valence-electron chi connectivity index (χ1n) is 5.25. The molecule has 0 saturated carbocycles. The molecule has 0 amide bonds. The molecule has 5 nitrogen and oxygen atoms in total. The van der Waals surface area contributed by atoms with Gasteiger partial charge in [0.25, 0.3) is 0 Å². The van der Waals surface area contributed by atoms with Gasteiger partial charge in [-0.25, -0.2) is 9.97 Å². The molecule has 0 aliphatic rings. The van der Waals surface area contributed by atoms with Crippen molar-refractivity contribution in [1.82, 2.24) is 15.3 Å². The van der Waals surface area contributed by atoms with Gasteiger partial charge in [-0.2, -0.15) is 0 Å². The zero-order valence-corrected chi connectivity index (χ0v) is 9.82. The topological polar surface area (TPSA) is 75.1 Å². The highest BCUT2D eigenvalue weighted by atomic mass is 16.4. The van der Waals surface area contributed by atoms with Crippen molar-refractivity contribution in [3.63, 3.8) is 0 Å². The number of aliphatic carboxylic acids is 1. The van der Waals surface area contributed by atoms with E-state index in [0.29, 0.717) is 18.8 Å². The average molecular weight is 223 g/mol. The Bertz CT molecular complexity index is 381. The van der Waals surface area contributed by atoms with E-state index < -0.39 is 11.5 Å². The SMILES string of the molecule is CCC(C)(NCc1ccnc(C)n1)C(=O)O. The van der Waals surface area contributed by atoms with Gasteiger partial charge in [-0.3, -0.25) is 10.1 Å². The zero-order valence-electron chi connectivity index (χ0n) is 9.82. The van der Waals surface area contributed by atoms with Gasteiger partial charge in [0.2, 0.25) is 0 Å². The molecule has 88 valence electrons. The maximum Gasteiger partial charge on any atom is 0.323 e. The normalized spacial score (nSPS) is 14.4. The van der Waals surface area contributed by atoms with Gasteiger partial charge < -0.3 is 5.11 Å². The van der Waals surface area contributed by atoms with Crippen LogP contribution in [0.2, 0.25) is 0 Å². The van der Waals surface area contributed by atoms with Crippen molar-refractivity contribution in [2.24, 2.45) is 0 Å². The van der Waals surface area contributed by atoms with Gasteiger partial charge in [0, 0.05) is 12.7 Å². The summed E-state index contributed by atoms with van der Waals surface area (Å²) >= 11 is 0. The molecule has 0 aromatic carbocycles. The molecule has 1 aromatic heterocycles. The first-order valence-corrected chi connectivity index (χ1v) is 5.25. The maximum absolute atomic E-state index is 11.0. The summed E-state index contributed by atoms with van der Waals surface area (Å²) in [6.45, 7) is 5.75. The van der Waals surface area contributed by atoms with Crippen molar-refractivity contribution in [1.29, 1.82) is 0 Å². The van der Waals surface area contributed by atoms with Gasteiger partial charge in [0.1, 0.15) is 11.4 Å². The number of hydrogen-bond acceptors (Lipinski definition) is 4. The Morgan fingerprint density at radius 1 is 1.62 bits per heavy atom. The van der Waals surface area contributed by atoms with E-state index in [-0.39, 0.29) is 0 Å². The number of rotatable bonds is 5. The quantitative estimate of drug-likeness (QED) is 0.782. The highest BCUT2D eigenvalue weighted by molar-refractivity contribution is 5.78. The predicted octanol–water partition coefficient (Wildman–Crippen LogP) is 1.13. The van der Waals surface area contributed by atoms with Crippen LogP contribution < -0.4 is 5.32 Å². The Hall–Kier alpha value is -1.49. The molecule has 0 aliphatic carbocycles. The van der Waals surface area contributed by atoms with Crippen molar-refractivity contribution in [3.05, 3.63) is 23.8 Å². The van der Waals surface area contributed by atoms with Crippen LogP contribution >= 0.6 is 0 Å². The second-order valence-electron chi connectivity index (χ2n) is 3.94. The van der Waals surface area contributed by atoms with E-state index in [1.807, 2.05) is 6.92 Å². The molecule has 0 fully saturated rings. The zero-order chi connectivity index (χ0) is 12.2. The van der Waals surface area contributed by atoms with E-state index in [9.17, 15) is 4.79 Å². The molecule has 0 saturated heterocycles. The third-order valence-electron chi connectivity index (χ3n) is 2.67. The minimum absolute atomic E-state index is 0.431. The number of nitrogens with zero attached hydrogens (tertiary/aromatic N) is 2. The molecular formula is C11H17N3O2. The number of hydrogen-bond donors (Lipinski definition) is 2. The lowest BCUT2D eigenvalue weighted by atomic mass is 9.99. The standard InChI is InChI=1S/C11H17N3O2/c1-4-11(3,10(15)16)13-7-9-5-6-12-8(2)14-9/h5-6,13H,4,7H2,1-3H3,(H,15,16). The van der Waals surface area contributed by atoms with Crippen LogP contribution in [0.1, 0.15) is 31.8 Å². The molecule has 1 atom stereocenters. The van der Waals surface area contributed by atoms with E-state index in [4.69, 9.17) is 5.11 Å². The Morgan fingerprint density at radius 2 is 2.31 bits per heavy atom. The molecule has 1 aromatic rings. The molecule has 2 N–H and O–H groups in total. The van der Waals surface area contributed by atoms with Crippen molar-refractivity contribution in [2.45, 2.75) is 39.3 Å². The number of nitrogens with one attached hydrogen (secondary N) is 1. The van der Waals surface area contributed by atoms with Crippen molar-refractivity contribution >= 4 is 5.97 Å². The molecule has 1 rings (SSSR count). The van der Waals surface area contributed by atoms with E-state index >= 15 is 0 Å². The molecule has 0 bridgehead atoms. The van der Waals surface area contributed by atoms with E-state index in [1.54, 1.807) is 26.1 Å². The van der Waals surface area contributed by atoms with E-state index in [2.05, 4.69) is 15.3 Å². The fourth-order valence-corrected chi connectivity index (χ4v) is 1.24. The first-order chi connectivity index (χ1) is 7.48. The molecule has 1 unspecified atom stereocenters. The maximum atomic E-state index is 11.0. The minimum atomic E-state index is -0.904. The lowest BCUT2D eigenvalue weighted by Crippen LogP contribution is -2.48. The summed E-state index contributed by atoms with van der Waals surface area (Å²) in [6.07, 6.45) is 2.19. The minimum Gasteiger partial charge on any atom is -0.480 e. The van der Waals surface area contributed by atoms with Crippen LogP contribution in [0.5, 0.6) is 0 Å². The molecule has 0 spiro atoms. The number of carbonyl (C=O) groups is 1. The fourth-order valence-electron chi connectivity index (χ4n) is 1.24. The second kappa shape index (κ2) is 5.03. The summed E-state index contributed by atoms with van der Waals surface area (Å²) < 4.78 is 0. The Morgan fingerprint density at radius 3 is 2.81 bits per heavy atom. The van der Waals surface area contributed by atoms with Crippen LogP contribution in [0.25, 0.3) is 0 Å². The smallest absolute Gasteiger partial charge is 0.323 e. The molecular weight excluding hydrogens is 206 g/mol. The summed E-state index contributed by atoms with van der Waals surface area (Å²) in [5.74, 6) is -0.159. The molecule has 0 radical (unpaired) electrons. The number of aryl methyl sites for hydroxylation is 1. The monoisotopic (exact) mass is 223 g/mol. The number of carboxylic acids is 1. The van der Waals surface area contributed by atoms with Crippen LogP contribution in [0.15, 0.2) is 12.3 Å². The average Bonchev–Trinajstić information content (AvgIpc) is 2.26. The lowest BCUT2D eigenvalue weighted by molar-refractivity contribution is -0.144. The Labute approximate surface area is 94.9 Å².